The first-order valence-electron chi connectivity index (χ1n) is 12.1. The number of aliphatic carboxylic acids is 1. The molecule has 5 heterocycles. The Hall–Kier alpha value is -4.01. The van der Waals surface area contributed by atoms with Crippen molar-refractivity contribution >= 4 is 40.8 Å². The van der Waals surface area contributed by atoms with Crippen molar-refractivity contribution < 1.29 is 24.2 Å². The molecule has 2 aliphatic heterocycles. The van der Waals surface area contributed by atoms with Crippen molar-refractivity contribution in [2.45, 2.75) is 10.5 Å². The summed E-state index contributed by atoms with van der Waals surface area (Å²) in [4.78, 5) is 27.0. The molecule has 1 atom stereocenters. The van der Waals surface area contributed by atoms with Gasteiger partial charge in [-0.3, -0.25) is 4.90 Å². The van der Waals surface area contributed by atoms with Crippen molar-refractivity contribution in [1.82, 2.24) is 24.5 Å². The van der Waals surface area contributed by atoms with Crippen LogP contribution in [-0.2, 0) is 4.79 Å². The van der Waals surface area contributed by atoms with Crippen molar-refractivity contribution in [2.24, 2.45) is 0 Å². The molecule has 0 amide bonds. The van der Waals surface area contributed by atoms with E-state index in [1.165, 1.54) is 16.3 Å². The summed E-state index contributed by atoms with van der Waals surface area (Å²) in [6, 6.07) is 11.0. The zero-order chi connectivity index (χ0) is 26.2. The Bertz CT molecular complexity index is 1440. The van der Waals surface area contributed by atoms with Crippen molar-refractivity contribution in [3.8, 4) is 17.3 Å². The van der Waals surface area contributed by atoms with Crippen molar-refractivity contribution in [2.75, 3.05) is 61.4 Å². The number of hydrogen-bond acceptors (Lipinski definition) is 12. The zero-order valence-corrected chi connectivity index (χ0v) is 21.1. The topological polar surface area (TPSA) is 159 Å². The van der Waals surface area contributed by atoms with Crippen molar-refractivity contribution in [3.05, 3.63) is 42.7 Å². The molecule has 198 valence electrons. The zero-order valence-electron chi connectivity index (χ0n) is 20.3. The largest absolute Gasteiger partial charge is 0.482 e. The third-order valence-corrected chi connectivity index (χ3v) is 7.61. The number of fused-ring (bicyclic) bond motifs is 3. The number of furan rings is 1. The lowest BCUT2D eigenvalue weighted by Crippen LogP contribution is -2.49. The molecule has 0 spiro atoms. The molecule has 2 aliphatic rings. The maximum absolute atomic E-state index is 10.8. The number of nitrogens with zero attached hydrogens (tertiary/aromatic N) is 7. The smallest absolute Gasteiger partial charge is 0.341 e. The van der Waals surface area contributed by atoms with Gasteiger partial charge in [-0.2, -0.15) is 9.50 Å². The van der Waals surface area contributed by atoms with E-state index < -0.39 is 11.5 Å². The number of rotatable bonds is 8. The molecule has 0 aliphatic carbocycles. The van der Waals surface area contributed by atoms with Crippen LogP contribution in [0.5, 0.6) is 5.75 Å². The minimum atomic E-state index is -1.00. The van der Waals surface area contributed by atoms with Gasteiger partial charge in [-0.25, -0.2) is 9.78 Å². The maximum atomic E-state index is 10.8. The van der Waals surface area contributed by atoms with Crippen LogP contribution >= 0.6 is 11.8 Å². The summed E-state index contributed by atoms with van der Waals surface area (Å²) in [5.41, 5.74) is 7.02. The second-order valence-electron chi connectivity index (χ2n) is 8.91. The highest BCUT2D eigenvalue weighted by atomic mass is 32.2. The summed E-state index contributed by atoms with van der Waals surface area (Å²) in [5.74, 6) is 1.27. The molecule has 4 aromatic rings. The highest BCUT2D eigenvalue weighted by Crippen LogP contribution is 2.44. The van der Waals surface area contributed by atoms with Crippen LogP contribution in [0.25, 0.3) is 17.2 Å². The highest BCUT2D eigenvalue weighted by Gasteiger charge is 2.34. The number of hydrogen-bond donors (Lipinski definition) is 3. The van der Waals surface area contributed by atoms with E-state index in [0.29, 0.717) is 35.3 Å². The third kappa shape index (κ3) is 4.68. The number of ether oxygens (including phenoxy) is 1. The number of thioether (sulfide) groups is 1. The number of aliphatic hydroxyl groups is 1. The van der Waals surface area contributed by atoms with Gasteiger partial charge in [0, 0.05) is 45.0 Å². The van der Waals surface area contributed by atoms with Crippen molar-refractivity contribution in [1.29, 1.82) is 0 Å². The SMILES string of the molecule is Nc1nc2c(c3nc(-c4ccco4)nn13)SC(O)N2CCN1CCN(c2ccc(OCC(=O)O)cc2)CC1. The lowest BCUT2D eigenvalue weighted by atomic mass is 10.2. The summed E-state index contributed by atoms with van der Waals surface area (Å²) in [6.07, 6.45) is 1.56. The number of anilines is 3. The van der Waals surface area contributed by atoms with Crippen LogP contribution in [0.4, 0.5) is 17.5 Å². The number of carboxylic acid groups (broad SMARTS) is 1. The predicted octanol–water partition coefficient (Wildman–Crippen LogP) is 1.44. The van der Waals surface area contributed by atoms with E-state index in [9.17, 15) is 9.90 Å². The van der Waals surface area contributed by atoms with E-state index in [1.54, 1.807) is 30.5 Å². The van der Waals surface area contributed by atoms with E-state index in [1.807, 2.05) is 17.0 Å². The van der Waals surface area contributed by atoms with Gasteiger partial charge in [-0.15, -0.1) is 5.10 Å². The van der Waals surface area contributed by atoms with Crippen molar-refractivity contribution in [3.63, 3.8) is 0 Å². The predicted molar refractivity (Wildman–Crippen MR) is 140 cm³/mol. The van der Waals surface area contributed by atoms with Crippen LogP contribution in [0.1, 0.15) is 0 Å². The minimum absolute atomic E-state index is 0.191. The number of aliphatic hydroxyl groups excluding tert-OH is 1. The second kappa shape index (κ2) is 10.0. The summed E-state index contributed by atoms with van der Waals surface area (Å²) in [7, 11) is 0. The molecule has 0 saturated carbocycles. The molecule has 1 unspecified atom stereocenters. The number of aromatic nitrogens is 4. The third-order valence-electron chi connectivity index (χ3n) is 6.55. The Balaban J connectivity index is 1.08. The standard InChI is InChI=1S/C24H26N8O5S/c25-23-27-21-19(22-26-20(28-32(22)23)17-2-1-13-36-17)38-24(35)31(21)12-9-29-7-10-30(11-8-29)15-3-5-16(6-4-15)37-14-18(33)34/h1-6,13,24,35H,7-12,14H2,(H2,25,27)(H,33,34). The normalized spacial score (nSPS) is 17.8. The molecule has 0 radical (unpaired) electrons. The Morgan fingerprint density at radius 2 is 1.92 bits per heavy atom. The maximum Gasteiger partial charge on any atom is 0.341 e. The van der Waals surface area contributed by atoms with Crippen LogP contribution < -0.4 is 20.3 Å². The first kappa shape index (κ1) is 24.3. The summed E-state index contributed by atoms with van der Waals surface area (Å²) in [6.45, 7) is 4.42. The number of nitrogens with two attached hydrogens (primary N) is 1. The molecule has 14 heteroatoms. The van der Waals surface area contributed by atoms with Gasteiger partial charge in [-0.1, -0.05) is 11.8 Å². The molecule has 38 heavy (non-hydrogen) atoms. The van der Waals surface area contributed by atoms with E-state index in [4.69, 9.17) is 20.0 Å². The Morgan fingerprint density at radius 3 is 2.63 bits per heavy atom. The summed E-state index contributed by atoms with van der Waals surface area (Å²) in [5, 5.41) is 24.0. The van der Waals surface area contributed by atoms with Crippen LogP contribution in [0.15, 0.2) is 52.0 Å². The van der Waals surface area contributed by atoms with E-state index >= 15 is 0 Å². The lowest BCUT2D eigenvalue weighted by molar-refractivity contribution is -0.139. The van der Waals surface area contributed by atoms with Gasteiger partial charge in [0.05, 0.1) is 11.2 Å². The highest BCUT2D eigenvalue weighted by molar-refractivity contribution is 8.00. The van der Waals surface area contributed by atoms with Crippen LogP contribution in [0.3, 0.4) is 0 Å². The van der Waals surface area contributed by atoms with Gasteiger partial charge >= 0.3 is 5.97 Å². The fourth-order valence-electron chi connectivity index (χ4n) is 4.60. The number of nitrogen functional groups attached to an aromatic ring is 1. The molecule has 3 aromatic heterocycles. The lowest BCUT2D eigenvalue weighted by Gasteiger charge is -2.37. The Kier molecular flexibility index (Phi) is 6.43. The summed E-state index contributed by atoms with van der Waals surface area (Å²) < 4.78 is 12.1. The molecular formula is C24H26N8O5S. The molecule has 0 bridgehead atoms. The molecular weight excluding hydrogens is 512 g/mol. The Morgan fingerprint density at radius 1 is 1.13 bits per heavy atom. The monoisotopic (exact) mass is 538 g/mol. The van der Waals surface area contributed by atoms with Gasteiger partial charge in [0.1, 0.15) is 5.75 Å². The molecule has 1 fully saturated rings. The molecule has 1 saturated heterocycles. The van der Waals surface area contributed by atoms with Gasteiger partial charge in [-0.05, 0) is 36.4 Å². The number of piperazine rings is 1. The average Bonchev–Trinajstić information content (AvgIpc) is 3.66. The van der Waals surface area contributed by atoms with Gasteiger partial charge in [0.2, 0.25) is 11.8 Å². The molecule has 13 nitrogen and oxygen atoms in total. The molecule has 6 rings (SSSR count). The fourth-order valence-corrected chi connectivity index (χ4v) is 5.65. The second-order valence-corrected chi connectivity index (χ2v) is 9.98. The van der Waals surface area contributed by atoms with Gasteiger partial charge in [0.15, 0.2) is 29.4 Å². The van der Waals surface area contributed by atoms with Crippen LogP contribution in [0, 0.1) is 0 Å². The van der Waals surface area contributed by atoms with E-state index in [-0.39, 0.29) is 12.6 Å². The fraction of sp³-hybridized carbons (Fsp3) is 0.333. The number of carboxylic acids is 1. The summed E-state index contributed by atoms with van der Waals surface area (Å²) >= 11 is 1.28. The van der Waals surface area contributed by atoms with E-state index in [0.717, 1.165) is 43.3 Å². The average molecular weight is 539 g/mol. The Labute approximate surface area is 221 Å². The van der Waals surface area contributed by atoms with Gasteiger partial charge in [0.25, 0.3) is 0 Å². The van der Waals surface area contributed by atoms with E-state index in [2.05, 4.69) is 24.9 Å². The molecule has 1 aromatic carbocycles. The number of benzene rings is 1. The first-order chi connectivity index (χ1) is 18.5. The van der Waals surface area contributed by atoms with Crippen LogP contribution in [-0.4, -0.2) is 92.1 Å². The number of carbonyl (C=O) groups is 1. The molecule has 4 N–H and O–H groups in total. The van der Waals surface area contributed by atoms with Gasteiger partial charge < -0.3 is 34.9 Å². The van der Waals surface area contributed by atoms with Crippen LogP contribution in [0.2, 0.25) is 0 Å². The quantitative estimate of drug-likeness (QED) is 0.296. The minimum Gasteiger partial charge on any atom is -0.482 e. The first-order valence-corrected chi connectivity index (χ1v) is 13.0.